The maximum atomic E-state index is 10.3. The highest BCUT2D eigenvalue weighted by molar-refractivity contribution is 5.68. The van der Waals surface area contributed by atoms with E-state index in [0.29, 0.717) is 0 Å². The second kappa shape index (κ2) is 20.0. The van der Waals surface area contributed by atoms with E-state index in [4.69, 9.17) is 5.11 Å². The third kappa shape index (κ3) is 20.9. The van der Waals surface area contributed by atoms with Crippen molar-refractivity contribution in [3.8, 4) is 0 Å². The van der Waals surface area contributed by atoms with Crippen molar-refractivity contribution in [3.63, 3.8) is 0 Å². The fourth-order valence-corrected chi connectivity index (χ4v) is 2.81. The lowest BCUT2D eigenvalue weighted by Gasteiger charge is -2.01. The van der Waals surface area contributed by atoms with Crippen molar-refractivity contribution < 1.29 is 9.90 Å². The Hall–Kier alpha value is -1.05. The number of carboxylic acid groups (broad SMARTS) is 1. The van der Waals surface area contributed by atoms with Crippen molar-refractivity contribution in [1.29, 1.82) is 0 Å². The summed E-state index contributed by atoms with van der Waals surface area (Å²) in [6.07, 6.45) is 28.3. The molecule has 0 aromatic rings. The lowest BCUT2D eigenvalue weighted by atomic mass is 10.1. The van der Waals surface area contributed by atoms with Crippen molar-refractivity contribution in [3.05, 3.63) is 24.3 Å². The minimum absolute atomic E-state index is 0.161. The van der Waals surface area contributed by atoms with E-state index in [-0.39, 0.29) is 6.42 Å². The second-order valence-corrected chi connectivity index (χ2v) is 6.80. The molecule has 2 heteroatoms. The normalized spacial score (nSPS) is 11.7. The Balaban J connectivity index is 3.10. The van der Waals surface area contributed by atoms with Gasteiger partial charge in [0.1, 0.15) is 0 Å². The van der Waals surface area contributed by atoms with Crippen LogP contribution in [0.25, 0.3) is 0 Å². The van der Waals surface area contributed by atoms with Gasteiger partial charge in [-0.3, -0.25) is 4.79 Å². The van der Waals surface area contributed by atoms with Gasteiger partial charge in [0.05, 0.1) is 6.42 Å². The van der Waals surface area contributed by atoms with Gasteiger partial charge in [0.25, 0.3) is 0 Å². The Morgan fingerprint density at radius 2 is 1.00 bits per heavy atom. The molecule has 0 bridgehead atoms. The molecule has 0 aliphatic heterocycles. The van der Waals surface area contributed by atoms with Gasteiger partial charge >= 0.3 is 5.97 Å². The highest BCUT2D eigenvalue weighted by Crippen LogP contribution is 2.12. The molecular weight excluding hydrogens is 296 g/mol. The van der Waals surface area contributed by atoms with Gasteiger partial charge in [-0.05, 0) is 38.5 Å². The zero-order chi connectivity index (χ0) is 17.7. The molecule has 0 aromatic carbocycles. The third-order valence-corrected chi connectivity index (χ3v) is 4.34. The molecule has 0 unspecified atom stereocenters. The first-order valence-electron chi connectivity index (χ1n) is 10.3. The quantitative estimate of drug-likeness (QED) is 0.208. The molecule has 0 spiro atoms. The molecule has 0 aliphatic carbocycles. The lowest BCUT2D eigenvalue weighted by molar-refractivity contribution is -0.136. The molecule has 0 saturated carbocycles. The maximum Gasteiger partial charge on any atom is 0.307 e. The Morgan fingerprint density at radius 1 is 0.625 bits per heavy atom. The van der Waals surface area contributed by atoms with Gasteiger partial charge in [0.15, 0.2) is 0 Å². The van der Waals surface area contributed by atoms with Crippen LogP contribution in [0.4, 0.5) is 0 Å². The molecule has 1 N–H and O–H groups in total. The summed E-state index contributed by atoms with van der Waals surface area (Å²) in [6.45, 7) is 2.26. The largest absolute Gasteiger partial charge is 0.481 e. The number of hydrogen-bond acceptors (Lipinski definition) is 1. The highest BCUT2D eigenvalue weighted by atomic mass is 16.4. The number of carboxylic acids is 1. The SMILES string of the molecule is CCCCC/C=C/CCCCCCCCCCC/C=C/CC(=O)O. The van der Waals surface area contributed by atoms with E-state index in [1.165, 1.54) is 89.9 Å². The predicted octanol–water partition coefficient (Wildman–Crippen LogP) is 7.44. The topological polar surface area (TPSA) is 37.3 Å². The zero-order valence-electron chi connectivity index (χ0n) is 16.0. The first-order chi connectivity index (χ1) is 11.8. The average Bonchev–Trinajstić information content (AvgIpc) is 2.56. The predicted molar refractivity (Wildman–Crippen MR) is 105 cm³/mol. The molecule has 0 fully saturated rings. The molecule has 0 atom stereocenters. The first kappa shape index (κ1) is 22.9. The minimum Gasteiger partial charge on any atom is -0.481 e. The van der Waals surface area contributed by atoms with E-state index in [9.17, 15) is 4.79 Å². The molecule has 0 amide bonds. The Morgan fingerprint density at radius 3 is 1.42 bits per heavy atom. The standard InChI is InChI=1S/C22H40O2/c1-2-3-4-5-6-7-8-9-10-11-12-13-14-15-16-17-18-19-20-21-22(23)24/h6-7,19-20H,2-5,8-18,21H2,1H3,(H,23,24)/b7-6+,20-19+. The monoisotopic (exact) mass is 336 g/mol. The lowest BCUT2D eigenvalue weighted by Crippen LogP contribution is -1.89. The number of hydrogen-bond donors (Lipinski definition) is 1. The van der Waals surface area contributed by atoms with E-state index in [2.05, 4.69) is 19.1 Å². The van der Waals surface area contributed by atoms with Gasteiger partial charge < -0.3 is 5.11 Å². The van der Waals surface area contributed by atoms with Crippen LogP contribution in [0.3, 0.4) is 0 Å². The molecule has 0 rings (SSSR count). The van der Waals surface area contributed by atoms with E-state index in [1.54, 1.807) is 6.08 Å². The fourth-order valence-electron chi connectivity index (χ4n) is 2.81. The minimum atomic E-state index is -0.741. The third-order valence-electron chi connectivity index (χ3n) is 4.34. The number of carbonyl (C=O) groups is 1. The van der Waals surface area contributed by atoms with Crippen molar-refractivity contribution in [1.82, 2.24) is 0 Å². The van der Waals surface area contributed by atoms with Crippen molar-refractivity contribution >= 4 is 5.97 Å². The second-order valence-electron chi connectivity index (χ2n) is 6.80. The number of aliphatic carboxylic acids is 1. The van der Waals surface area contributed by atoms with Gasteiger partial charge in [-0.15, -0.1) is 0 Å². The van der Waals surface area contributed by atoms with Crippen LogP contribution >= 0.6 is 0 Å². The van der Waals surface area contributed by atoms with E-state index >= 15 is 0 Å². The van der Waals surface area contributed by atoms with Crippen LogP contribution in [-0.4, -0.2) is 11.1 Å². The van der Waals surface area contributed by atoms with Crippen molar-refractivity contribution in [2.24, 2.45) is 0 Å². The van der Waals surface area contributed by atoms with Gasteiger partial charge in [0, 0.05) is 0 Å². The van der Waals surface area contributed by atoms with Gasteiger partial charge in [-0.1, -0.05) is 89.0 Å². The van der Waals surface area contributed by atoms with Gasteiger partial charge in [-0.2, -0.15) is 0 Å². The molecule has 0 aromatic heterocycles. The number of unbranched alkanes of at least 4 members (excludes halogenated alkanes) is 13. The number of rotatable bonds is 18. The summed E-state index contributed by atoms with van der Waals surface area (Å²) in [7, 11) is 0. The smallest absolute Gasteiger partial charge is 0.307 e. The molecule has 0 saturated heterocycles. The summed E-state index contributed by atoms with van der Waals surface area (Å²) in [5.74, 6) is -0.741. The molecule has 2 nitrogen and oxygen atoms in total. The first-order valence-corrected chi connectivity index (χ1v) is 10.3. The van der Waals surface area contributed by atoms with Crippen LogP contribution in [0.1, 0.15) is 110 Å². The highest BCUT2D eigenvalue weighted by Gasteiger charge is 1.93. The van der Waals surface area contributed by atoms with Crippen LogP contribution in [0.5, 0.6) is 0 Å². The summed E-state index contributed by atoms with van der Waals surface area (Å²) < 4.78 is 0. The summed E-state index contributed by atoms with van der Waals surface area (Å²) >= 11 is 0. The molecule has 24 heavy (non-hydrogen) atoms. The molecular formula is C22H40O2. The van der Waals surface area contributed by atoms with Crippen LogP contribution in [0, 0.1) is 0 Å². The average molecular weight is 337 g/mol. The summed E-state index contributed by atoms with van der Waals surface area (Å²) in [6, 6.07) is 0. The van der Waals surface area contributed by atoms with E-state index < -0.39 is 5.97 Å². The Bertz CT molecular complexity index is 318. The van der Waals surface area contributed by atoms with Crippen LogP contribution < -0.4 is 0 Å². The molecule has 0 radical (unpaired) electrons. The molecule has 0 aliphatic rings. The van der Waals surface area contributed by atoms with E-state index in [0.717, 1.165) is 6.42 Å². The Kier molecular flexibility index (Phi) is 19.1. The van der Waals surface area contributed by atoms with Crippen LogP contribution in [0.15, 0.2) is 24.3 Å². The van der Waals surface area contributed by atoms with Gasteiger partial charge in [-0.25, -0.2) is 0 Å². The maximum absolute atomic E-state index is 10.3. The summed E-state index contributed by atoms with van der Waals surface area (Å²) in [5, 5.41) is 8.50. The number of allylic oxidation sites excluding steroid dienone is 3. The fraction of sp³-hybridized carbons (Fsp3) is 0.773. The van der Waals surface area contributed by atoms with E-state index in [1.807, 2.05) is 6.08 Å². The van der Waals surface area contributed by atoms with Gasteiger partial charge in [0.2, 0.25) is 0 Å². The Labute approximate surface area is 150 Å². The summed E-state index contributed by atoms with van der Waals surface area (Å²) in [5.41, 5.74) is 0. The van der Waals surface area contributed by atoms with Crippen LogP contribution in [-0.2, 0) is 4.79 Å². The molecule has 0 heterocycles. The van der Waals surface area contributed by atoms with Crippen LogP contribution in [0.2, 0.25) is 0 Å². The van der Waals surface area contributed by atoms with Crippen molar-refractivity contribution in [2.75, 3.05) is 0 Å². The zero-order valence-corrected chi connectivity index (χ0v) is 16.0. The summed E-state index contributed by atoms with van der Waals surface area (Å²) in [4.78, 5) is 10.3. The van der Waals surface area contributed by atoms with Crippen molar-refractivity contribution in [2.45, 2.75) is 110 Å². The molecule has 140 valence electrons.